The zero-order chi connectivity index (χ0) is 12.3. The topological polar surface area (TPSA) is 29.1 Å². The number of amides is 1. The molecule has 1 aliphatic rings. The summed E-state index contributed by atoms with van der Waals surface area (Å²) in [4.78, 5) is 11.8. The van der Waals surface area contributed by atoms with Gasteiger partial charge in [-0.1, -0.05) is 11.6 Å². The van der Waals surface area contributed by atoms with Gasteiger partial charge < -0.3 is 5.32 Å². The fraction of sp³-hybridized carbons (Fsp3) is 0.462. The molecule has 2 rings (SSSR count). The lowest BCUT2D eigenvalue weighted by Crippen LogP contribution is -2.30. The van der Waals surface area contributed by atoms with E-state index >= 15 is 0 Å². The Morgan fingerprint density at radius 2 is 1.94 bits per heavy atom. The van der Waals surface area contributed by atoms with Crippen LogP contribution >= 0.6 is 23.2 Å². The largest absolute Gasteiger partial charge is 0.351 e. The van der Waals surface area contributed by atoms with Crippen molar-refractivity contribution in [2.75, 3.05) is 12.4 Å². The molecule has 0 heterocycles. The van der Waals surface area contributed by atoms with Crippen molar-refractivity contribution in [1.82, 2.24) is 5.32 Å². The molecular weight excluding hydrogens is 257 g/mol. The number of rotatable bonds is 5. The molecule has 1 fully saturated rings. The summed E-state index contributed by atoms with van der Waals surface area (Å²) < 4.78 is 0. The van der Waals surface area contributed by atoms with Crippen molar-refractivity contribution >= 4 is 29.1 Å². The molecule has 0 aliphatic heterocycles. The summed E-state index contributed by atoms with van der Waals surface area (Å²) in [6, 6.07) is 6.92. The molecule has 1 N–H and O–H groups in total. The van der Waals surface area contributed by atoms with Crippen molar-refractivity contribution in [1.29, 1.82) is 0 Å². The first-order valence-corrected chi connectivity index (χ1v) is 6.66. The molecular formula is C13H15Cl2NO. The van der Waals surface area contributed by atoms with Crippen molar-refractivity contribution < 1.29 is 4.79 Å². The van der Waals surface area contributed by atoms with Gasteiger partial charge in [0.15, 0.2) is 0 Å². The zero-order valence-electron chi connectivity index (χ0n) is 9.51. The van der Waals surface area contributed by atoms with E-state index in [9.17, 15) is 4.79 Å². The van der Waals surface area contributed by atoms with Gasteiger partial charge in [-0.2, -0.15) is 0 Å². The molecule has 1 aliphatic carbocycles. The first-order valence-electron chi connectivity index (χ1n) is 5.75. The van der Waals surface area contributed by atoms with Crippen LogP contribution in [-0.4, -0.2) is 18.3 Å². The van der Waals surface area contributed by atoms with Crippen LogP contribution in [0.1, 0.15) is 29.6 Å². The van der Waals surface area contributed by atoms with Crippen LogP contribution in [0, 0.1) is 5.41 Å². The van der Waals surface area contributed by atoms with Crippen LogP contribution in [0.5, 0.6) is 0 Å². The molecule has 1 saturated carbocycles. The second-order valence-corrected chi connectivity index (χ2v) is 5.44. The van der Waals surface area contributed by atoms with Crippen molar-refractivity contribution in [2.24, 2.45) is 5.41 Å². The molecule has 0 atom stereocenters. The van der Waals surface area contributed by atoms with Crippen molar-refractivity contribution in [3.63, 3.8) is 0 Å². The number of hydrogen-bond acceptors (Lipinski definition) is 1. The van der Waals surface area contributed by atoms with Gasteiger partial charge in [0.1, 0.15) is 0 Å². The van der Waals surface area contributed by atoms with Crippen LogP contribution in [0.2, 0.25) is 5.02 Å². The third-order valence-electron chi connectivity index (χ3n) is 3.31. The maximum absolute atomic E-state index is 11.8. The number of carbonyl (C=O) groups excluding carboxylic acids is 1. The van der Waals surface area contributed by atoms with Crippen molar-refractivity contribution in [3.8, 4) is 0 Å². The molecule has 92 valence electrons. The van der Waals surface area contributed by atoms with Gasteiger partial charge in [0.05, 0.1) is 0 Å². The third kappa shape index (κ3) is 3.36. The van der Waals surface area contributed by atoms with Gasteiger partial charge in [0, 0.05) is 23.0 Å². The van der Waals surface area contributed by atoms with Gasteiger partial charge in [-0.3, -0.25) is 4.79 Å². The number of benzene rings is 1. The van der Waals surface area contributed by atoms with Gasteiger partial charge in [-0.15, -0.1) is 11.6 Å². The minimum absolute atomic E-state index is 0.0393. The summed E-state index contributed by atoms with van der Waals surface area (Å²) in [5.41, 5.74) is 0.917. The zero-order valence-corrected chi connectivity index (χ0v) is 11.0. The average molecular weight is 272 g/mol. The predicted molar refractivity (Wildman–Crippen MR) is 70.8 cm³/mol. The fourth-order valence-corrected chi connectivity index (χ4v) is 2.39. The van der Waals surface area contributed by atoms with E-state index < -0.39 is 0 Å². The minimum Gasteiger partial charge on any atom is -0.351 e. The standard InChI is InChI=1S/C13H15Cl2NO/c14-8-7-13(5-6-13)9-16-12(17)10-1-3-11(15)4-2-10/h1-4H,5-9H2,(H,16,17). The van der Waals surface area contributed by atoms with E-state index in [1.807, 2.05) is 0 Å². The monoisotopic (exact) mass is 271 g/mol. The van der Waals surface area contributed by atoms with E-state index in [4.69, 9.17) is 23.2 Å². The van der Waals surface area contributed by atoms with E-state index in [-0.39, 0.29) is 11.3 Å². The van der Waals surface area contributed by atoms with Crippen LogP contribution in [0.4, 0.5) is 0 Å². The normalized spacial score (nSPS) is 16.6. The lowest BCUT2D eigenvalue weighted by atomic mass is 10.0. The molecule has 2 nitrogen and oxygen atoms in total. The first kappa shape index (κ1) is 12.7. The molecule has 1 amide bonds. The minimum atomic E-state index is -0.0393. The summed E-state index contributed by atoms with van der Waals surface area (Å²) in [7, 11) is 0. The highest BCUT2D eigenvalue weighted by Gasteiger charge is 2.41. The van der Waals surface area contributed by atoms with Gasteiger partial charge in [-0.25, -0.2) is 0 Å². The molecule has 4 heteroatoms. The Kier molecular flexibility index (Phi) is 3.95. The molecule has 0 radical (unpaired) electrons. The second kappa shape index (κ2) is 5.28. The third-order valence-corrected chi connectivity index (χ3v) is 3.75. The first-order chi connectivity index (χ1) is 8.15. The van der Waals surface area contributed by atoms with Crippen molar-refractivity contribution in [2.45, 2.75) is 19.3 Å². The quantitative estimate of drug-likeness (QED) is 0.817. The number of nitrogens with one attached hydrogen (secondary N) is 1. The van der Waals surface area contributed by atoms with Gasteiger partial charge in [-0.05, 0) is 48.9 Å². The van der Waals surface area contributed by atoms with Crippen LogP contribution in [-0.2, 0) is 0 Å². The van der Waals surface area contributed by atoms with Gasteiger partial charge >= 0.3 is 0 Å². The van der Waals surface area contributed by atoms with E-state index in [1.54, 1.807) is 24.3 Å². The van der Waals surface area contributed by atoms with E-state index in [0.29, 0.717) is 16.5 Å². The van der Waals surface area contributed by atoms with Crippen LogP contribution < -0.4 is 5.32 Å². The predicted octanol–water partition coefficient (Wildman–Crippen LogP) is 3.48. The Labute approximate surface area is 111 Å². The second-order valence-electron chi connectivity index (χ2n) is 4.63. The molecule has 0 unspecified atom stereocenters. The summed E-state index contributed by atoms with van der Waals surface area (Å²) in [5, 5.41) is 3.61. The number of hydrogen-bond donors (Lipinski definition) is 1. The smallest absolute Gasteiger partial charge is 0.251 e. The van der Waals surface area contributed by atoms with Crippen LogP contribution in [0.3, 0.4) is 0 Å². The summed E-state index contributed by atoms with van der Waals surface area (Å²) >= 11 is 11.5. The molecule has 17 heavy (non-hydrogen) atoms. The Hall–Kier alpha value is -0.730. The number of halogens is 2. The highest BCUT2D eigenvalue weighted by Crippen LogP contribution is 2.48. The maximum atomic E-state index is 11.8. The summed E-state index contributed by atoms with van der Waals surface area (Å²) in [6.07, 6.45) is 3.32. The van der Waals surface area contributed by atoms with E-state index in [2.05, 4.69) is 5.32 Å². The summed E-state index contributed by atoms with van der Waals surface area (Å²) in [5.74, 6) is 0.624. The Balaban J connectivity index is 1.87. The van der Waals surface area contributed by atoms with Gasteiger partial charge in [0.25, 0.3) is 5.91 Å². The molecule has 0 bridgehead atoms. The lowest BCUT2D eigenvalue weighted by Gasteiger charge is -2.14. The van der Waals surface area contributed by atoms with Crippen LogP contribution in [0.25, 0.3) is 0 Å². The molecule has 0 saturated heterocycles. The number of alkyl halides is 1. The Morgan fingerprint density at radius 1 is 1.29 bits per heavy atom. The Bertz CT molecular complexity index is 398. The fourth-order valence-electron chi connectivity index (χ4n) is 1.86. The number of carbonyl (C=O) groups is 1. The van der Waals surface area contributed by atoms with Crippen molar-refractivity contribution in [3.05, 3.63) is 34.9 Å². The Morgan fingerprint density at radius 3 is 2.47 bits per heavy atom. The molecule has 0 aromatic heterocycles. The lowest BCUT2D eigenvalue weighted by molar-refractivity contribution is 0.0944. The highest BCUT2D eigenvalue weighted by molar-refractivity contribution is 6.30. The van der Waals surface area contributed by atoms with E-state index in [0.717, 1.165) is 13.0 Å². The van der Waals surface area contributed by atoms with Crippen LogP contribution in [0.15, 0.2) is 24.3 Å². The molecule has 1 aromatic rings. The highest BCUT2D eigenvalue weighted by atomic mass is 35.5. The maximum Gasteiger partial charge on any atom is 0.251 e. The van der Waals surface area contributed by atoms with E-state index in [1.165, 1.54) is 12.8 Å². The SMILES string of the molecule is O=C(NCC1(CCCl)CC1)c1ccc(Cl)cc1. The van der Waals surface area contributed by atoms with Gasteiger partial charge in [0.2, 0.25) is 0 Å². The summed E-state index contributed by atoms with van der Waals surface area (Å²) in [6.45, 7) is 0.723. The molecule has 0 spiro atoms. The average Bonchev–Trinajstić information content (AvgIpc) is 3.08. The molecule has 1 aromatic carbocycles.